The van der Waals surface area contributed by atoms with Gasteiger partial charge in [-0.1, -0.05) is 18.2 Å². The maximum atomic E-state index is 13.3. The van der Waals surface area contributed by atoms with Gasteiger partial charge >= 0.3 is 0 Å². The van der Waals surface area contributed by atoms with E-state index in [4.69, 9.17) is 4.98 Å². The largest absolute Gasteiger partial charge is 0.352 e. The summed E-state index contributed by atoms with van der Waals surface area (Å²) in [7, 11) is 0. The van der Waals surface area contributed by atoms with Crippen molar-refractivity contribution in [1.82, 2.24) is 24.9 Å². The first-order valence-corrected chi connectivity index (χ1v) is 9.71. The molecule has 4 rings (SSSR count). The summed E-state index contributed by atoms with van der Waals surface area (Å²) in [5.74, 6) is -0.374. The Kier molecular flexibility index (Phi) is 5.27. The SMILES string of the molecule is Cc1nc2c(-c3ccc(F)cc3)c(C)nn2c(C)c1CC(=O)NCc1cccnc1. The van der Waals surface area contributed by atoms with Crippen molar-refractivity contribution in [1.29, 1.82) is 0 Å². The van der Waals surface area contributed by atoms with Crippen LogP contribution >= 0.6 is 0 Å². The summed E-state index contributed by atoms with van der Waals surface area (Å²) in [6, 6.07) is 10.1. The highest BCUT2D eigenvalue weighted by atomic mass is 19.1. The van der Waals surface area contributed by atoms with Gasteiger partial charge in [0.1, 0.15) is 5.82 Å². The number of carbonyl (C=O) groups excluding carboxylic acids is 1. The van der Waals surface area contributed by atoms with Crippen molar-refractivity contribution in [2.45, 2.75) is 33.7 Å². The van der Waals surface area contributed by atoms with Crippen LogP contribution < -0.4 is 5.32 Å². The zero-order valence-electron chi connectivity index (χ0n) is 17.1. The van der Waals surface area contributed by atoms with Gasteiger partial charge in [-0.2, -0.15) is 5.10 Å². The number of pyridine rings is 1. The number of nitrogens with zero attached hydrogens (tertiary/aromatic N) is 4. The van der Waals surface area contributed by atoms with Crippen LogP contribution in [0.1, 0.15) is 28.2 Å². The molecule has 1 aromatic carbocycles. The van der Waals surface area contributed by atoms with Crippen LogP contribution in [0.3, 0.4) is 0 Å². The standard InChI is InChI=1S/C23H22FN5O/c1-14-20(11-21(30)26-13-17-5-4-10-25-12-17)16(3)29-23(27-14)22(15(2)28-29)18-6-8-19(24)9-7-18/h4-10,12H,11,13H2,1-3H3,(H,26,30). The van der Waals surface area contributed by atoms with Crippen molar-refractivity contribution in [2.75, 3.05) is 0 Å². The molecule has 0 radical (unpaired) electrons. The molecule has 0 fully saturated rings. The lowest BCUT2D eigenvalue weighted by Crippen LogP contribution is -2.26. The highest BCUT2D eigenvalue weighted by Crippen LogP contribution is 2.29. The van der Waals surface area contributed by atoms with E-state index in [2.05, 4.69) is 15.4 Å². The molecule has 0 bridgehead atoms. The average molecular weight is 403 g/mol. The van der Waals surface area contributed by atoms with Crippen LogP contribution in [-0.2, 0) is 17.8 Å². The minimum atomic E-state index is -0.284. The summed E-state index contributed by atoms with van der Waals surface area (Å²) in [4.78, 5) is 21.3. The predicted molar refractivity (Wildman–Crippen MR) is 112 cm³/mol. The fourth-order valence-electron chi connectivity index (χ4n) is 3.60. The molecule has 0 unspecified atom stereocenters. The monoisotopic (exact) mass is 403 g/mol. The number of nitrogens with one attached hydrogen (secondary N) is 1. The van der Waals surface area contributed by atoms with E-state index in [1.54, 1.807) is 29.0 Å². The number of benzene rings is 1. The summed E-state index contributed by atoms with van der Waals surface area (Å²) < 4.78 is 15.1. The number of fused-ring (bicyclic) bond motifs is 1. The van der Waals surface area contributed by atoms with E-state index < -0.39 is 0 Å². The average Bonchev–Trinajstić information content (AvgIpc) is 3.07. The molecule has 4 aromatic rings. The molecule has 0 aliphatic rings. The van der Waals surface area contributed by atoms with Crippen LogP contribution in [0, 0.1) is 26.6 Å². The molecule has 152 valence electrons. The molecule has 3 heterocycles. The third-order valence-corrected chi connectivity index (χ3v) is 5.18. The van der Waals surface area contributed by atoms with Gasteiger partial charge in [0.25, 0.3) is 0 Å². The van der Waals surface area contributed by atoms with E-state index in [0.29, 0.717) is 12.2 Å². The number of hydrogen-bond acceptors (Lipinski definition) is 4. The normalized spacial score (nSPS) is 11.1. The number of halogens is 1. The fourth-order valence-corrected chi connectivity index (χ4v) is 3.60. The Morgan fingerprint density at radius 2 is 1.87 bits per heavy atom. The van der Waals surface area contributed by atoms with Crippen LogP contribution in [0.25, 0.3) is 16.8 Å². The van der Waals surface area contributed by atoms with Gasteiger partial charge in [0.15, 0.2) is 5.65 Å². The van der Waals surface area contributed by atoms with Gasteiger partial charge in [0.2, 0.25) is 5.91 Å². The first-order valence-electron chi connectivity index (χ1n) is 9.71. The fraction of sp³-hybridized carbons (Fsp3) is 0.217. The zero-order valence-corrected chi connectivity index (χ0v) is 17.1. The lowest BCUT2D eigenvalue weighted by atomic mass is 10.0. The molecule has 1 amide bonds. The van der Waals surface area contributed by atoms with Crippen LogP contribution in [0.2, 0.25) is 0 Å². The van der Waals surface area contributed by atoms with Crippen LogP contribution in [0.5, 0.6) is 0 Å². The van der Waals surface area contributed by atoms with Gasteiger partial charge in [-0.25, -0.2) is 13.9 Å². The zero-order chi connectivity index (χ0) is 21.3. The summed E-state index contributed by atoms with van der Waals surface area (Å²) in [5, 5.41) is 7.56. The Morgan fingerprint density at radius 3 is 2.57 bits per heavy atom. The lowest BCUT2D eigenvalue weighted by Gasteiger charge is -2.12. The summed E-state index contributed by atoms with van der Waals surface area (Å²) in [6.07, 6.45) is 3.64. The summed E-state index contributed by atoms with van der Waals surface area (Å²) in [5.41, 5.74) is 6.67. The second kappa shape index (κ2) is 8.02. The molecular weight excluding hydrogens is 381 g/mol. The van der Waals surface area contributed by atoms with E-state index in [1.807, 2.05) is 32.9 Å². The second-order valence-electron chi connectivity index (χ2n) is 7.28. The highest BCUT2D eigenvalue weighted by Gasteiger charge is 2.19. The quantitative estimate of drug-likeness (QED) is 0.551. The Morgan fingerprint density at radius 1 is 1.10 bits per heavy atom. The second-order valence-corrected chi connectivity index (χ2v) is 7.28. The van der Waals surface area contributed by atoms with Gasteiger partial charge in [0.05, 0.1) is 12.1 Å². The van der Waals surface area contributed by atoms with Crippen LogP contribution in [0.4, 0.5) is 4.39 Å². The number of carbonyl (C=O) groups is 1. The first-order chi connectivity index (χ1) is 14.4. The number of aromatic nitrogens is 4. The molecule has 3 aromatic heterocycles. The number of amides is 1. The Balaban J connectivity index is 1.64. The van der Waals surface area contributed by atoms with E-state index in [1.165, 1.54) is 12.1 Å². The van der Waals surface area contributed by atoms with Crippen molar-refractivity contribution in [2.24, 2.45) is 0 Å². The molecule has 1 N–H and O–H groups in total. The molecule has 0 spiro atoms. The van der Waals surface area contributed by atoms with E-state index in [-0.39, 0.29) is 18.1 Å². The number of hydrogen-bond donors (Lipinski definition) is 1. The predicted octanol–water partition coefficient (Wildman–Crippen LogP) is 3.71. The molecule has 0 aliphatic heterocycles. The molecule has 6 nitrogen and oxygen atoms in total. The Labute approximate surface area is 173 Å². The summed E-state index contributed by atoms with van der Waals surface area (Å²) in [6.45, 7) is 6.16. The van der Waals surface area contributed by atoms with Gasteiger partial charge in [-0.15, -0.1) is 0 Å². The lowest BCUT2D eigenvalue weighted by molar-refractivity contribution is -0.120. The molecule has 30 heavy (non-hydrogen) atoms. The van der Waals surface area contributed by atoms with Crippen molar-refractivity contribution < 1.29 is 9.18 Å². The number of aryl methyl sites for hydroxylation is 3. The highest BCUT2D eigenvalue weighted by molar-refractivity contribution is 5.82. The van der Waals surface area contributed by atoms with Crippen LogP contribution in [0.15, 0.2) is 48.8 Å². The molecule has 0 saturated carbocycles. The third-order valence-electron chi connectivity index (χ3n) is 5.18. The van der Waals surface area contributed by atoms with E-state index >= 15 is 0 Å². The molecule has 0 atom stereocenters. The molecule has 0 saturated heterocycles. The molecular formula is C23H22FN5O. The van der Waals surface area contributed by atoms with Crippen LogP contribution in [-0.4, -0.2) is 25.5 Å². The van der Waals surface area contributed by atoms with Gasteiger partial charge in [-0.05, 0) is 50.1 Å². The number of rotatable bonds is 5. The molecule has 7 heteroatoms. The maximum absolute atomic E-state index is 13.3. The van der Waals surface area contributed by atoms with Gasteiger partial charge in [0, 0.05) is 41.5 Å². The minimum Gasteiger partial charge on any atom is -0.352 e. The van der Waals surface area contributed by atoms with E-state index in [0.717, 1.165) is 39.3 Å². The summed E-state index contributed by atoms with van der Waals surface area (Å²) >= 11 is 0. The van der Waals surface area contributed by atoms with Gasteiger partial charge < -0.3 is 5.32 Å². The third kappa shape index (κ3) is 3.78. The maximum Gasteiger partial charge on any atom is 0.224 e. The molecule has 0 aliphatic carbocycles. The minimum absolute atomic E-state index is 0.0890. The van der Waals surface area contributed by atoms with E-state index in [9.17, 15) is 9.18 Å². The van der Waals surface area contributed by atoms with Crippen molar-refractivity contribution in [3.63, 3.8) is 0 Å². The topological polar surface area (TPSA) is 72.2 Å². The van der Waals surface area contributed by atoms with Crippen molar-refractivity contribution in [3.05, 3.63) is 82.8 Å². The van der Waals surface area contributed by atoms with Crippen molar-refractivity contribution in [3.8, 4) is 11.1 Å². The Bertz CT molecular complexity index is 1220. The van der Waals surface area contributed by atoms with Gasteiger partial charge in [-0.3, -0.25) is 9.78 Å². The smallest absolute Gasteiger partial charge is 0.224 e. The first kappa shape index (κ1) is 19.7. The Hall–Kier alpha value is -3.61. The van der Waals surface area contributed by atoms with Crippen molar-refractivity contribution >= 4 is 11.6 Å².